The molecule has 9 heteroatoms. The largest absolute Gasteiger partial charge is 0.493 e. The minimum Gasteiger partial charge on any atom is -0.493 e. The van der Waals surface area contributed by atoms with E-state index in [-0.39, 0.29) is 30.6 Å². The summed E-state index contributed by atoms with van der Waals surface area (Å²) in [6, 6.07) is 17.4. The van der Waals surface area contributed by atoms with E-state index in [9.17, 15) is 4.79 Å². The van der Waals surface area contributed by atoms with Gasteiger partial charge >= 0.3 is 5.97 Å². The maximum atomic E-state index is 13.5. The van der Waals surface area contributed by atoms with Crippen LogP contribution in [0, 0.1) is 11.8 Å². The number of esters is 1. The van der Waals surface area contributed by atoms with Gasteiger partial charge in [-0.15, -0.1) is 0 Å². The predicted octanol–water partition coefficient (Wildman–Crippen LogP) is 6.19. The van der Waals surface area contributed by atoms with E-state index >= 15 is 0 Å². The number of benzene rings is 3. The van der Waals surface area contributed by atoms with Gasteiger partial charge in [0.05, 0.1) is 39.9 Å². The van der Waals surface area contributed by atoms with Crippen molar-refractivity contribution in [3.05, 3.63) is 70.8 Å². The molecule has 0 saturated carbocycles. The van der Waals surface area contributed by atoms with Crippen LogP contribution in [0.1, 0.15) is 61.9 Å². The van der Waals surface area contributed by atoms with Gasteiger partial charge in [0.15, 0.2) is 23.0 Å². The summed E-state index contributed by atoms with van der Waals surface area (Å²) in [6.07, 6.45) is 0.982. The first-order valence-corrected chi connectivity index (χ1v) is 15.7. The lowest BCUT2D eigenvalue weighted by atomic mass is 9.65. The zero-order valence-electron chi connectivity index (χ0n) is 27.2. The molecule has 240 valence electrons. The normalized spacial score (nSPS) is 21.5. The third kappa shape index (κ3) is 5.74. The molecular weight excluding hydrogens is 572 g/mol. The van der Waals surface area contributed by atoms with E-state index in [2.05, 4.69) is 68.2 Å². The Labute approximate surface area is 265 Å². The van der Waals surface area contributed by atoms with Crippen LogP contribution in [0.5, 0.6) is 28.7 Å². The minimum absolute atomic E-state index is 0.125. The SMILES string of the molecule is COc1cc([C@@H]2c3cc4c(cc3[C@@H](Nc3ccc(CCN(C(C)C)C(C)C)cc3)[C@H]3COC(=O)[C@H]23)OCO4)cc(OC)c1OC. The fourth-order valence-electron chi connectivity index (χ4n) is 7.35. The zero-order chi connectivity index (χ0) is 31.8. The first-order chi connectivity index (χ1) is 21.7. The first kappa shape index (κ1) is 30.9. The molecule has 3 aromatic carbocycles. The van der Waals surface area contributed by atoms with E-state index in [0.717, 1.165) is 35.3 Å². The van der Waals surface area contributed by atoms with Crippen LogP contribution in [0.15, 0.2) is 48.5 Å². The molecule has 1 N–H and O–H groups in total. The van der Waals surface area contributed by atoms with Gasteiger partial charge < -0.3 is 33.7 Å². The summed E-state index contributed by atoms with van der Waals surface area (Å²) in [5, 5.41) is 3.78. The van der Waals surface area contributed by atoms with Crippen molar-refractivity contribution in [1.29, 1.82) is 0 Å². The summed E-state index contributed by atoms with van der Waals surface area (Å²) in [7, 11) is 4.77. The molecule has 3 aromatic rings. The molecule has 1 fully saturated rings. The van der Waals surface area contributed by atoms with Crippen molar-refractivity contribution in [3.63, 3.8) is 0 Å². The van der Waals surface area contributed by atoms with Crippen LogP contribution in [0.2, 0.25) is 0 Å². The second kappa shape index (κ2) is 12.7. The van der Waals surface area contributed by atoms with E-state index < -0.39 is 5.92 Å². The van der Waals surface area contributed by atoms with E-state index in [1.54, 1.807) is 21.3 Å². The minimum atomic E-state index is -0.435. The average Bonchev–Trinajstić information content (AvgIpc) is 3.66. The van der Waals surface area contributed by atoms with E-state index in [4.69, 9.17) is 28.4 Å². The van der Waals surface area contributed by atoms with Crippen molar-refractivity contribution in [1.82, 2.24) is 4.90 Å². The number of nitrogens with one attached hydrogen (secondary N) is 1. The van der Waals surface area contributed by atoms with Crippen molar-refractivity contribution in [2.45, 2.75) is 58.2 Å². The summed E-state index contributed by atoms with van der Waals surface area (Å²) in [4.78, 5) is 16.0. The number of hydrogen-bond donors (Lipinski definition) is 1. The second-order valence-corrected chi connectivity index (χ2v) is 12.6. The van der Waals surface area contributed by atoms with Gasteiger partial charge in [-0.25, -0.2) is 0 Å². The van der Waals surface area contributed by atoms with Crippen LogP contribution in [0.25, 0.3) is 0 Å². The van der Waals surface area contributed by atoms with Gasteiger partial charge in [0, 0.05) is 36.2 Å². The highest BCUT2D eigenvalue weighted by Gasteiger charge is 2.52. The second-order valence-electron chi connectivity index (χ2n) is 12.6. The van der Waals surface area contributed by atoms with E-state index in [0.29, 0.717) is 47.4 Å². The molecule has 0 unspecified atom stereocenters. The Morgan fingerprint density at radius 1 is 0.844 bits per heavy atom. The van der Waals surface area contributed by atoms with E-state index in [1.165, 1.54) is 5.56 Å². The fraction of sp³-hybridized carbons (Fsp3) is 0.472. The van der Waals surface area contributed by atoms with Crippen molar-refractivity contribution in [3.8, 4) is 28.7 Å². The van der Waals surface area contributed by atoms with Crippen LogP contribution in [-0.4, -0.2) is 64.2 Å². The smallest absolute Gasteiger partial charge is 0.310 e. The number of methoxy groups -OCH3 is 3. The standard InChI is InChI=1S/C36H44N2O7/c1-20(2)38(21(3)4)13-12-22-8-10-24(11-9-22)37-34-26-17-29-28(44-19-45-29)16-25(26)32(33-27(34)18-43-36(33)39)23-14-30(40-5)35(42-7)31(15-23)41-6/h8-11,14-17,20-21,27,32-34,37H,12-13,18-19H2,1-7H3/t27-,32+,33-,34+/m0/s1. The Hall–Kier alpha value is -4.11. The predicted molar refractivity (Wildman–Crippen MR) is 172 cm³/mol. The topological polar surface area (TPSA) is 87.7 Å². The summed E-state index contributed by atoms with van der Waals surface area (Å²) in [5.41, 5.74) is 5.18. The van der Waals surface area contributed by atoms with Gasteiger partial charge in [-0.3, -0.25) is 9.69 Å². The van der Waals surface area contributed by atoms with Gasteiger partial charge in [-0.2, -0.15) is 0 Å². The highest BCUT2D eigenvalue weighted by Crippen LogP contribution is 2.56. The lowest BCUT2D eigenvalue weighted by molar-refractivity contribution is -0.141. The molecular formula is C36H44N2O7. The Balaban J connectivity index is 1.37. The van der Waals surface area contributed by atoms with E-state index in [1.807, 2.05) is 18.2 Å². The van der Waals surface area contributed by atoms with Crippen LogP contribution in [0.4, 0.5) is 5.69 Å². The summed E-state index contributed by atoms with van der Waals surface area (Å²) >= 11 is 0. The number of cyclic esters (lactones) is 1. The monoisotopic (exact) mass is 616 g/mol. The molecule has 3 aliphatic rings. The number of hydrogen-bond acceptors (Lipinski definition) is 9. The molecule has 9 nitrogen and oxygen atoms in total. The molecule has 2 aliphatic heterocycles. The molecule has 45 heavy (non-hydrogen) atoms. The first-order valence-electron chi connectivity index (χ1n) is 15.7. The third-order valence-corrected chi connectivity index (χ3v) is 9.49. The summed E-state index contributed by atoms with van der Waals surface area (Å²) in [6.45, 7) is 10.5. The number of carbonyl (C=O) groups excluding carboxylic acids is 1. The lowest BCUT2D eigenvalue weighted by Crippen LogP contribution is -2.38. The maximum absolute atomic E-state index is 13.5. The maximum Gasteiger partial charge on any atom is 0.310 e. The molecule has 6 rings (SSSR count). The molecule has 4 atom stereocenters. The zero-order valence-corrected chi connectivity index (χ0v) is 27.2. The van der Waals surface area contributed by atoms with Crippen LogP contribution >= 0.6 is 0 Å². The van der Waals surface area contributed by atoms with Gasteiger partial charge in [0.2, 0.25) is 12.5 Å². The van der Waals surface area contributed by atoms with Crippen molar-refractivity contribution >= 4 is 11.7 Å². The Bertz CT molecular complexity index is 1500. The highest BCUT2D eigenvalue weighted by atomic mass is 16.7. The van der Waals surface area contributed by atoms with Gasteiger partial charge in [-0.05, 0) is 92.8 Å². The Morgan fingerprint density at radius 3 is 2.04 bits per heavy atom. The molecule has 0 radical (unpaired) electrons. The quantitative estimate of drug-likeness (QED) is 0.254. The Morgan fingerprint density at radius 2 is 1.47 bits per heavy atom. The van der Waals surface area contributed by atoms with Crippen molar-refractivity contribution in [2.75, 3.05) is 46.6 Å². The molecule has 0 amide bonds. The van der Waals surface area contributed by atoms with Crippen molar-refractivity contribution in [2.24, 2.45) is 11.8 Å². The average molecular weight is 617 g/mol. The number of rotatable bonds is 11. The molecule has 0 bridgehead atoms. The number of anilines is 1. The van der Waals surface area contributed by atoms with Gasteiger partial charge in [-0.1, -0.05) is 12.1 Å². The number of carbonyl (C=O) groups is 1. The molecule has 1 aliphatic carbocycles. The number of ether oxygens (including phenoxy) is 6. The molecule has 0 spiro atoms. The van der Waals surface area contributed by atoms with Crippen molar-refractivity contribution < 1.29 is 33.2 Å². The van der Waals surface area contributed by atoms with Crippen LogP contribution in [0.3, 0.4) is 0 Å². The summed E-state index contributed by atoms with van der Waals surface area (Å²) < 4.78 is 34.4. The highest BCUT2D eigenvalue weighted by molar-refractivity contribution is 5.79. The third-order valence-electron chi connectivity index (χ3n) is 9.49. The molecule has 2 heterocycles. The fourth-order valence-corrected chi connectivity index (χ4v) is 7.35. The molecule has 0 aromatic heterocycles. The Kier molecular flexibility index (Phi) is 8.73. The lowest BCUT2D eigenvalue weighted by Gasteiger charge is -2.40. The molecule has 1 saturated heterocycles. The number of nitrogens with zero attached hydrogens (tertiary/aromatic N) is 1. The van der Waals surface area contributed by atoms with Gasteiger partial charge in [0.25, 0.3) is 0 Å². The van der Waals surface area contributed by atoms with Crippen LogP contribution in [-0.2, 0) is 16.0 Å². The van der Waals surface area contributed by atoms with Crippen LogP contribution < -0.4 is 29.0 Å². The number of fused-ring (bicyclic) bond motifs is 3. The van der Waals surface area contributed by atoms with Gasteiger partial charge in [0.1, 0.15) is 0 Å². The summed E-state index contributed by atoms with van der Waals surface area (Å²) in [5.74, 6) is 1.82.